The molecule has 1 saturated heterocycles. The van der Waals surface area contributed by atoms with Gasteiger partial charge >= 0.3 is 5.76 Å². The Kier molecular flexibility index (Phi) is 6.20. The summed E-state index contributed by atoms with van der Waals surface area (Å²) in [7, 11) is 1.69. The molecule has 9 heteroatoms. The summed E-state index contributed by atoms with van der Waals surface area (Å²) in [4.78, 5) is 25.4. The van der Waals surface area contributed by atoms with Gasteiger partial charge in [-0.2, -0.15) is 5.26 Å². The number of oxazole rings is 1. The van der Waals surface area contributed by atoms with Crippen molar-refractivity contribution in [3.05, 3.63) is 58.6 Å². The molecule has 1 aliphatic rings. The maximum atomic E-state index is 12.5. The van der Waals surface area contributed by atoms with Gasteiger partial charge in [-0.1, -0.05) is 12.1 Å². The monoisotopic (exact) mass is 476 g/mol. The Bertz CT molecular complexity index is 1450. The number of amides is 1. The van der Waals surface area contributed by atoms with Crippen molar-refractivity contribution < 1.29 is 13.9 Å². The largest absolute Gasteiger partial charge is 0.419 e. The minimum Gasteiger partial charge on any atom is -0.408 e. The second-order valence-electron chi connectivity index (χ2n) is 8.40. The summed E-state index contributed by atoms with van der Waals surface area (Å²) >= 11 is 1.66. The number of nitrogens with zero attached hydrogens (tertiary/aromatic N) is 2. The number of carbonyl (C=O) groups is 1. The van der Waals surface area contributed by atoms with Gasteiger partial charge in [-0.3, -0.25) is 9.36 Å². The molecule has 0 radical (unpaired) electrons. The van der Waals surface area contributed by atoms with Crippen LogP contribution in [0.5, 0.6) is 0 Å². The Morgan fingerprint density at radius 3 is 3.06 bits per heavy atom. The number of hydrogen-bond acceptors (Lipinski definition) is 7. The quantitative estimate of drug-likeness (QED) is 0.458. The second kappa shape index (κ2) is 9.43. The van der Waals surface area contributed by atoms with Gasteiger partial charge in [0, 0.05) is 36.2 Å². The van der Waals surface area contributed by atoms with Crippen LogP contribution in [-0.2, 0) is 23.0 Å². The molecule has 3 heterocycles. The molecule has 1 amide bonds. The number of benzene rings is 2. The van der Waals surface area contributed by atoms with Crippen LogP contribution in [0.1, 0.15) is 12.0 Å². The molecule has 0 spiro atoms. The van der Waals surface area contributed by atoms with Gasteiger partial charge in [-0.05, 0) is 59.8 Å². The van der Waals surface area contributed by atoms with Crippen LogP contribution in [0, 0.1) is 11.3 Å². The molecule has 2 aromatic carbocycles. The molecule has 34 heavy (non-hydrogen) atoms. The van der Waals surface area contributed by atoms with Gasteiger partial charge in [-0.15, -0.1) is 11.3 Å². The lowest BCUT2D eigenvalue weighted by Crippen LogP contribution is -2.46. The summed E-state index contributed by atoms with van der Waals surface area (Å²) in [5.74, 6) is -0.641. The van der Waals surface area contributed by atoms with Crippen molar-refractivity contribution in [3.63, 3.8) is 0 Å². The molecule has 2 N–H and O–H groups in total. The number of aromatic nitrogens is 1. The average Bonchev–Trinajstić information content (AvgIpc) is 3.24. The van der Waals surface area contributed by atoms with Crippen LogP contribution in [0.2, 0.25) is 0 Å². The van der Waals surface area contributed by atoms with E-state index in [1.165, 1.54) is 4.57 Å². The van der Waals surface area contributed by atoms with Crippen molar-refractivity contribution in [2.75, 3.05) is 19.7 Å². The first-order valence-electron chi connectivity index (χ1n) is 11.2. The predicted molar refractivity (Wildman–Crippen MR) is 131 cm³/mol. The number of carbonyl (C=O) groups excluding carboxylic acids is 1. The molecule has 1 fully saturated rings. The summed E-state index contributed by atoms with van der Waals surface area (Å²) < 4.78 is 13.4. The molecule has 1 aliphatic heterocycles. The van der Waals surface area contributed by atoms with E-state index in [1.807, 2.05) is 30.3 Å². The van der Waals surface area contributed by atoms with Crippen LogP contribution in [0.25, 0.3) is 31.6 Å². The predicted octanol–water partition coefficient (Wildman–Crippen LogP) is 2.94. The molecule has 174 valence electrons. The highest BCUT2D eigenvalue weighted by molar-refractivity contribution is 7.22. The van der Waals surface area contributed by atoms with Crippen molar-refractivity contribution in [2.45, 2.75) is 25.0 Å². The third-order valence-corrected chi connectivity index (χ3v) is 7.17. The molecule has 0 bridgehead atoms. The lowest BCUT2D eigenvalue weighted by Gasteiger charge is -2.18. The van der Waals surface area contributed by atoms with Gasteiger partial charge in [0.15, 0.2) is 5.58 Å². The first-order valence-corrected chi connectivity index (χ1v) is 12.0. The van der Waals surface area contributed by atoms with E-state index in [9.17, 15) is 14.9 Å². The van der Waals surface area contributed by atoms with Crippen LogP contribution in [0.15, 0.2) is 51.7 Å². The first kappa shape index (κ1) is 22.3. The van der Waals surface area contributed by atoms with E-state index in [0.717, 1.165) is 44.6 Å². The van der Waals surface area contributed by atoms with Crippen LogP contribution >= 0.6 is 11.3 Å². The minimum absolute atomic E-state index is 0.260. The van der Waals surface area contributed by atoms with E-state index in [1.54, 1.807) is 18.4 Å². The third-order valence-electron chi connectivity index (χ3n) is 6.01. The lowest BCUT2D eigenvalue weighted by molar-refractivity contribution is -0.132. The molecule has 0 aliphatic carbocycles. The summed E-state index contributed by atoms with van der Waals surface area (Å²) in [5, 5.41) is 16.7. The Hall–Kier alpha value is -3.45. The topological polar surface area (TPSA) is 109 Å². The molecule has 1 unspecified atom stereocenters. The van der Waals surface area contributed by atoms with Crippen LogP contribution in [-0.4, -0.2) is 42.3 Å². The highest BCUT2D eigenvalue weighted by atomic mass is 32.1. The molecule has 4 aromatic rings. The average molecular weight is 477 g/mol. The fourth-order valence-corrected chi connectivity index (χ4v) is 5.19. The van der Waals surface area contributed by atoms with E-state index in [-0.39, 0.29) is 11.7 Å². The highest BCUT2D eigenvalue weighted by Crippen LogP contribution is 2.35. The van der Waals surface area contributed by atoms with Crippen molar-refractivity contribution >= 4 is 38.4 Å². The second-order valence-corrected chi connectivity index (χ2v) is 9.49. The molecular weight excluding hydrogens is 452 g/mol. The van der Waals surface area contributed by atoms with Gasteiger partial charge in [-0.25, -0.2) is 4.79 Å². The minimum atomic E-state index is -0.639. The Morgan fingerprint density at radius 2 is 2.21 bits per heavy atom. The van der Waals surface area contributed by atoms with E-state index in [2.05, 4.69) is 28.8 Å². The fraction of sp³-hybridized carbons (Fsp3) is 0.320. The van der Waals surface area contributed by atoms with Crippen LogP contribution in [0.3, 0.4) is 0 Å². The van der Waals surface area contributed by atoms with E-state index < -0.39 is 12.1 Å². The Morgan fingerprint density at radius 1 is 1.32 bits per heavy atom. The van der Waals surface area contributed by atoms with Crippen LogP contribution in [0.4, 0.5) is 0 Å². The summed E-state index contributed by atoms with van der Waals surface area (Å²) in [5.41, 5.74) is 3.29. The normalized spacial score (nSPS) is 17.4. The molecule has 0 saturated carbocycles. The van der Waals surface area contributed by atoms with Gasteiger partial charge < -0.3 is 19.8 Å². The van der Waals surface area contributed by atoms with E-state index in [4.69, 9.17) is 9.15 Å². The molecule has 2 atom stereocenters. The number of nitrogens with one attached hydrogen (secondary N) is 2. The summed E-state index contributed by atoms with van der Waals surface area (Å²) in [6, 6.07) is 15.5. The number of ether oxygens (including phenoxy) is 1. The molecule has 2 aromatic heterocycles. The van der Waals surface area contributed by atoms with Crippen molar-refractivity contribution in [1.29, 1.82) is 5.26 Å². The van der Waals surface area contributed by atoms with Crippen molar-refractivity contribution in [3.8, 4) is 16.5 Å². The number of thiophene rings is 1. The fourth-order valence-electron chi connectivity index (χ4n) is 4.15. The summed E-state index contributed by atoms with van der Waals surface area (Å²) in [6.07, 6.45) is 0.696. The maximum absolute atomic E-state index is 12.5. The molecular formula is C25H24N4O4S. The Labute approximate surface area is 199 Å². The standard InChI is InChI=1S/C25H24N4O4S/c1-29-19-11-16(4-5-20(19)33-25(29)31)23-12-17-9-15(3-6-22(17)34-23)10-18(13-26)28-24(30)21-14-27-7-2-8-32-21/h3-6,9,11-12,18,21,27H,2,7-8,10,14H2,1H3,(H,28,30)/t18?,21-/m0/s1. The maximum Gasteiger partial charge on any atom is 0.419 e. The highest BCUT2D eigenvalue weighted by Gasteiger charge is 2.23. The van der Waals surface area contributed by atoms with Crippen LogP contribution < -0.4 is 16.4 Å². The lowest BCUT2D eigenvalue weighted by atomic mass is 10.0. The zero-order valence-corrected chi connectivity index (χ0v) is 19.5. The van der Waals surface area contributed by atoms with Crippen molar-refractivity contribution in [2.24, 2.45) is 7.05 Å². The number of nitriles is 1. The zero-order valence-electron chi connectivity index (χ0n) is 18.7. The molecule has 5 rings (SSSR count). The smallest absolute Gasteiger partial charge is 0.408 e. The first-order chi connectivity index (χ1) is 16.5. The van der Waals surface area contributed by atoms with Gasteiger partial charge in [0.1, 0.15) is 12.1 Å². The summed E-state index contributed by atoms with van der Waals surface area (Å²) in [6.45, 7) is 1.80. The number of hydrogen-bond donors (Lipinski definition) is 2. The third kappa shape index (κ3) is 4.48. The van der Waals surface area contributed by atoms with E-state index in [0.29, 0.717) is 25.2 Å². The SMILES string of the molecule is Cn1c(=O)oc2ccc(-c3cc4cc(CC(C#N)NC(=O)[C@@H]5CNCCCO5)ccc4s3)cc21. The number of fused-ring (bicyclic) bond motifs is 2. The van der Waals surface area contributed by atoms with Crippen molar-refractivity contribution in [1.82, 2.24) is 15.2 Å². The molecule has 8 nitrogen and oxygen atoms in total. The number of rotatable bonds is 5. The van der Waals surface area contributed by atoms with Gasteiger partial charge in [0.05, 0.1) is 11.6 Å². The Balaban J connectivity index is 1.34. The van der Waals surface area contributed by atoms with Gasteiger partial charge in [0.25, 0.3) is 5.91 Å². The van der Waals surface area contributed by atoms with Gasteiger partial charge in [0.2, 0.25) is 0 Å². The zero-order chi connectivity index (χ0) is 23.7. The van der Waals surface area contributed by atoms with E-state index >= 15 is 0 Å². The number of aryl methyl sites for hydroxylation is 1.